The van der Waals surface area contributed by atoms with Crippen molar-refractivity contribution in [3.63, 3.8) is 0 Å². The van der Waals surface area contributed by atoms with Gasteiger partial charge in [0, 0.05) is 33.6 Å². The van der Waals surface area contributed by atoms with Crippen LogP contribution in [0.4, 0.5) is 18.0 Å². The summed E-state index contributed by atoms with van der Waals surface area (Å²) in [5, 5.41) is 10.7. The van der Waals surface area contributed by atoms with Crippen LogP contribution >= 0.6 is 0 Å². The number of alkyl halides is 3. The van der Waals surface area contributed by atoms with E-state index < -0.39 is 12.0 Å². The van der Waals surface area contributed by atoms with Crippen molar-refractivity contribution < 1.29 is 27.8 Å². The lowest BCUT2D eigenvalue weighted by Gasteiger charge is -2.39. The maximum Gasteiger partial charge on any atom is 0.573 e. The molecular formula is C16H21F3N2O3. The van der Waals surface area contributed by atoms with Crippen LogP contribution in [0.1, 0.15) is 18.4 Å². The fourth-order valence-corrected chi connectivity index (χ4v) is 2.76. The van der Waals surface area contributed by atoms with Gasteiger partial charge in [-0.25, -0.2) is 4.79 Å². The van der Waals surface area contributed by atoms with Gasteiger partial charge in [-0.1, -0.05) is 12.1 Å². The Morgan fingerprint density at radius 3 is 2.25 bits per heavy atom. The number of carbonyl (C=O) groups excluding carboxylic acids is 1. The number of hydrogen-bond donors (Lipinski definition) is 1. The molecule has 2 rings (SSSR count). The minimum Gasteiger partial charge on any atom is -0.406 e. The van der Waals surface area contributed by atoms with Gasteiger partial charge in [-0.05, 0) is 30.5 Å². The van der Waals surface area contributed by atoms with E-state index in [0.29, 0.717) is 32.4 Å². The second-order valence-corrected chi connectivity index (χ2v) is 6.26. The average molecular weight is 346 g/mol. The maximum absolute atomic E-state index is 12.1. The van der Waals surface area contributed by atoms with Crippen LogP contribution in [-0.4, -0.2) is 60.1 Å². The number of urea groups is 1. The van der Waals surface area contributed by atoms with Gasteiger partial charge < -0.3 is 19.6 Å². The second-order valence-electron chi connectivity index (χ2n) is 6.26. The summed E-state index contributed by atoms with van der Waals surface area (Å²) >= 11 is 0. The van der Waals surface area contributed by atoms with Crippen molar-refractivity contribution in [1.29, 1.82) is 0 Å². The topological polar surface area (TPSA) is 53.0 Å². The molecule has 1 saturated heterocycles. The number of likely N-dealkylation sites (tertiary alicyclic amines) is 1. The van der Waals surface area contributed by atoms with Crippen LogP contribution in [0.5, 0.6) is 5.75 Å². The molecule has 1 aromatic carbocycles. The number of nitrogens with zero attached hydrogens (tertiary/aromatic N) is 2. The minimum atomic E-state index is -4.72. The Balaban J connectivity index is 1.93. The molecule has 134 valence electrons. The van der Waals surface area contributed by atoms with Crippen LogP contribution in [0.25, 0.3) is 0 Å². The average Bonchev–Trinajstić information content (AvgIpc) is 2.47. The molecule has 24 heavy (non-hydrogen) atoms. The van der Waals surface area contributed by atoms with Crippen LogP contribution in [0.15, 0.2) is 24.3 Å². The normalized spacial score (nSPS) is 17.5. The Bertz CT molecular complexity index is 565. The van der Waals surface area contributed by atoms with Gasteiger partial charge in [0.05, 0.1) is 5.60 Å². The van der Waals surface area contributed by atoms with Gasteiger partial charge in [-0.15, -0.1) is 13.2 Å². The van der Waals surface area contributed by atoms with Crippen LogP contribution in [0.3, 0.4) is 0 Å². The van der Waals surface area contributed by atoms with E-state index in [-0.39, 0.29) is 11.8 Å². The zero-order valence-corrected chi connectivity index (χ0v) is 13.6. The summed E-state index contributed by atoms with van der Waals surface area (Å²) in [6, 6.07) is 5.39. The van der Waals surface area contributed by atoms with Crippen molar-refractivity contribution in [2.24, 2.45) is 0 Å². The molecular weight excluding hydrogens is 325 g/mol. The fourth-order valence-electron chi connectivity index (χ4n) is 2.76. The molecule has 0 aromatic heterocycles. The number of hydrogen-bond acceptors (Lipinski definition) is 3. The molecule has 5 nitrogen and oxygen atoms in total. The Hall–Kier alpha value is -1.96. The largest absolute Gasteiger partial charge is 0.573 e. The van der Waals surface area contributed by atoms with Crippen LogP contribution in [0, 0.1) is 0 Å². The molecule has 1 heterocycles. The first-order valence-corrected chi connectivity index (χ1v) is 7.61. The van der Waals surface area contributed by atoms with Crippen LogP contribution in [0.2, 0.25) is 0 Å². The predicted molar refractivity (Wildman–Crippen MR) is 81.7 cm³/mol. The lowest BCUT2D eigenvalue weighted by molar-refractivity contribution is -0.274. The first-order chi connectivity index (χ1) is 11.1. The summed E-state index contributed by atoms with van der Waals surface area (Å²) in [5.74, 6) is -0.287. The predicted octanol–water partition coefficient (Wildman–Crippen LogP) is 2.64. The van der Waals surface area contributed by atoms with Crippen LogP contribution < -0.4 is 4.74 Å². The number of benzene rings is 1. The molecule has 1 fully saturated rings. The quantitative estimate of drug-likeness (QED) is 0.915. The van der Waals surface area contributed by atoms with E-state index >= 15 is 0 Å². The molecule has 0 bridgehead atoms. The van der Waals surface area contributed by atoms with E-state index in [1.807, 2.05) is 0 Å². The van der Waals surface area contributed by atoms with Gasteiger partial charge in [0.25, 0.3) is 0 Å². The van der Waals surface area contributed by atoms with Crippen molar-refractivity contribution in [2.75, 3.05) is 27.2 Å². The monoisotopic (exact) mass is 346 g/mol. The summed E-state index contributed by atoms with van der Waals surface area (Å²) < 4.78 is 40.2. The van der Waals surface area contributed by atoms with Gasteiger partial charge in [0.1, 0.15) is 5.75 Å². The molecule has 0 saturated carbocycles. The Labute approximate surface area is 138 Å². The van der Waals surface area contributed by atoms with E-state index in [9.17, 15) is 23.1 Å². The van der Waals surface area contributed by atoms with Crippen molar-refractivity contribution in [2.45, 2.75) is 31.2 Å². The van der Waals surface area contributed by atoms with E-state index in [0.717, 1.165) is 5.56 Å². The summed E-state index contributed by atoms with van der Waals surface area (Å²) in [6.07, 6.45) is -3.55. The molecule has 0 radical (unpaired) electrons. The highest BCUT2D eigenvalue weighted by atomic mass is 19.4. The molecule has 0 unspecified atom stereocenters. The molecule has 0 spiro atoms. The third kappa shape index (κ3) is 5.02. The number of rotatable bonds is 3. The molecule has 1 aliphatic heterocycles. The standard InChI is InChI=1S/C16H21F3N2O3/c1-20(2)14(22)21-9-7-15(23,8-10-21)11-12-3-5-13(6-4-12)24-16(17,18)19/h3-6,23H,7-11H2,1-2H3. The number of amides is 2. The van der Waals surface area contributed by atoms with Crippen molar-refractivity contribution >= 4 is 6.03 Å². The fraction of sp³-hybridized carbons (Fsp3) is 0.562. The second kappa shape index (κ2) is 6.88. The van der Waals surface area contributed by atoms with Crippen molar-refractivity contribution in [3.05, 3.63) is 29.8 Å². The molecule has 2 amide bonds. The van der Waals surface area contributed by atoms with Gasteiger partial charge in [-0.2, -0.15) is 0 Å². The van der Waals surface area contributed by atoms with E-state index in [2.05, 4.69) is 4.74 Å². The SMILES string of the molecule is CN(C)C(=O)N1CCC(O)(Cc2ccc(OC(F)(F)F)cc2)CC1. The smallest absolute Gasteiger partial charge is 0.406 e. The minimum absolute atomic E-state index is 0.0919. The summed E-state index contributed by atoms with van der Waals surface area (Å²) in [4.78, 5) is 15.0. The Morgan fingerprint density at radius 1 is 1.25 bits per heavy atom. The van der Waals surface area contributed by atoms with Crippen LogP contribution in [-0.2, 0) is 6.42 Å². The van der Waals surface area contributed by atoms with Gasteiger partial charge in [0.15, 0.2) is 0 Å². The van der Waals surface area contributed by atoms with E-state index in [1.54, 1.807) is 19.0 Å². The zero-order chi connectivity index (χ0) is 18.0. The zero-order valence-electron chi connectivity index (χ0n) is 13.6. The Kier molecular flexibility index (Phi) is 5.27. The molecule has 8 heteroatoms. The number of aliphatic hydroxyl groups is 1. The number of carbonyl (C=O) groups is 1. The summed E-state index contributed by atoms with van der Waals surface area (Å²) in [7, 11) is 3.35. The molecule has 1 aliphatic rings. The van der Waals surface area contributed by atoms with Gasteiger partial charge >= 0.3 is 12.4 Å². The Morgan fingerprint density at radius 2 is 1.79 bits per heavy atom. The molecule has 1 aromatic rings. The van der Waals surface area contributed by atoms with E-state index in [4.69, 9.17) is 0 Å². The number of piperidine rings is 1. The summed E-state index contributed by atoms with van der Waals surface area (Å²) in [6.45, 7) is 0.894. The van der Waals surface area contributed by atoms with Gasteiger partial charge in [0.2, 0.25) is 0 Å². The lowest BCUT2D eigenvalue weighted by atomic mass is 9.85. The molecule has 1 N–H and O–H groups in total. The molecule has 0 atom stereocenters. The first kappa shape index (κ1) is 18.4. The number of ether oxygens (including phenoxy) is 1. The van der Waals surface area contributed by atoms with Crippen molar-refractivity contribution in [1.82, 2.24) is 9.80 Å². The third-order valence-corrected chi connectivity index (χ3v) is 4.04. The highest BCUT2D eigenvalue weighted by molar-refractivity contribution is 5.73. The lowest BCUT2D eigenvalue weighted by Crippen LogP contribution is -2.50. The van der Waals surface area contributed by atoms with E-state index in [1.165, 1.54) is 29.2 Å². The summed E-state index contributed by atoms with van der Waals surface area (Å²) in [5.41, 5.74) is -0.241. The van der Waals surface area contributed by atoms with Crippen molar-refractivity contribution in [3.8, 4) is 5.75 Å². The third-order valence-electron chi connectivity index (χ3n) is 4.04. The highest BCUT2D eigenvalue weighted by Crippen LogP contribution is 2.28. The molecule has 0 aliphatic carbocycles. The van der Waals surface area contributed by atoms with Gasteiger partial charge in [-0.3, -0.25) is 0 Å². The maximum atomic E-state index is 12.1. The highest BCUT2D eigenvalue weighted by Gasteiger charge is 2.35. The first-order valence-electron chi connectivity index (χ1n) is 7.61. The number of halogens is 3.